The number of benzene rings is 2. The van der Waals surface area contributed by atoms with Gasteiger partial charge in [-0.2, -0.15) is 0 Å². The van der Waals surface area contributed by atoms with Gasteiger partial charge in [-0.3, -0.25) is 15.0 Å². The van der Waals surface area contributed by atoms with Crippen LogP contribution in [0.4, 0.5) is 5.69 Å². The number of aromatic nitrogens is 1. The van der Waals surface area contributed by atoms with Crippen LogP contribution in [0.5, 0.6) is 0 Å². The van der Waals surface area contributed by atoms with Gasteiger partial charge in [-0.1, -0.05) is 6.07 Å². The first-order valence-electron chi connectivity index (χ1n) is 9.40. The lowest BCUT2D eigenvalue weighted by molar-refractivity contribution is -0.117. The predicted octanol–water partition coefficient (Wildman–Crippen LogP) is 2.20. The second kappa shape index (κ2) is 7.53. The summed E-state index contributed by atoms with van der Waals surface area (Å²) in [5, 5.41) is 6.37. The van der Waals surface area contributed by atoms with Crippen LogP contribution >= 0.6 is 0 Å². The summed E-state index contributed by atoms with van der Waals surface area (Å²) in [5.41, 5.74) is 6.52. The molecule has 3 aromatic rings. The molecule has 158 valence electrons. The molecule has 2 amide bonds. The van der Waals surface area contributed by atoms with Gasteiger partial charge in [0.15, 0.2) is 0 Å². The number of nitrogens with zero attached hydrogens (tertiary/aromatic N) is 2. The van der Waals surface area contributed by atoms with Crippen molar-refractivity contribution < 1.29 is 18.0 Å². The zero-order valence-electron chi connectivity index (χ0n) is 16.9. The number of aryl methyl sites for hydroxylation is 2. The van der Waals surface area contributed by atoms with Crippen LogP contribution < -0.4 is 15.6 Å². The minimum atomic E-state index is -3.79. The van der Waals surface area contributed by atoms with Crippen molar-refractivity contribution in [1.82, 2.24) is 9.99 Å². The highest BCUT2D eigenvalue weighted by Crippen LogP contribution is 2.25. The summed E-state index contributed by atoms with van der Waals surface area (Å²) in [4.78, 5) is 25.4. The molecule has 0 radical (unpaired) electrons. The Labute approximate surface area is 179 Å². The highest BCUT2D eigenvalue weighted by atomic mass is 32.2. The molecular weight excluding hydrogens is 416 g/mol. The Kier molecular flexibility index (Phi) is 5.00. The maximum absolute atomic E-state index is 12.9. The Morgan fingerprint density at radius 3 is 2.26 bits per heavy atom. The lowest BCUT2D eigenvalue weighted by Gasteiger charge is -2.16. The van der Waals surface area contributed by atoms with Gasteiger partial charge in [0, 0.05) is 17.6 Å². The van der Waals surface area contributed by atoms with Gasteiger partial charge in [0.2, 0.25) is 10.0 Å². The van der Waals surface area contributed by atoms with Gasteiger partial charge in [-0.05, 0) is 79.6 Å². The third-order valence-electron chi connectivity index (χ3n) is 5.16. The molecule has 8 nitrogen and oxygen atoms in total. The van der Waals surface area contributed by atoms with Crippen molar-refractivity contribution in [3.8, 4) is 5.69 Å². The molecule has 1 fully saturated rings. The quantitative estimate of drug-likeness (QED) is 0.482. The van der Waals surface area contributed by atoms with Gasteiger partial charge in [0.05, 0.1) is 10.6 Å². The Hall–Kier alpha value is -3.69. The Morgan fingerprint density at radius 2 is 1.61 bits per heavy atom. The average molecular weight is 436 g/mol. The first-order chi connectivity index (χ1) is 14.6. The van der Waals surface area contributed by atoms with Gasteiger partial charge in [0.1, 0.15) is 5.57 Å². The summed E-state index contributed by atoms with van der Waals surface area (Å²) in [5.74, 6) is -0.953. The summed E-state index contributed by atoms with van der Waals surface area (Å²) in [6.45, 7) is 3.91. The zero-order valence-corrected chi connectivity index (χ0v) is 17.7. The number of nitrogens with one attached hydrogen (secondary N) is 1. The summed E-state index contributed by atoms with van der Waals surface area (Å²) in [7, 11) is -3.79. The number of nitrogens with two attached hydrogens (primary N) is 1. The number of amides is 2. The fraction of sp³-hybridized carbons (Fsp3) is 0.0909. The van der Waals surface area contributed by atoms with Crippen LogP contribution in [0, 0.1) is 13.8 Å². The number of carbonyl (C=O) groups excluding carboxylic acids is 2. The van der Waals surface area contributed by atoms with Gasteiger partial charge >= 0.3 is 0 Å². The van der Waals surface area contributed by atoms with Gasteiger partial charge < -0.3 is 4.57 Å². The normalized spacial score (nSPS) is 15.6. The summed E-state index contributed by atoms with van der Waals surface area (Å²) < 4.78 is 24.7. The highest BCUT2D eigenvalue weighted by molar-refractivity contribution is 7.89. The number of primary sulfonamides is 1. The second-order valence-corrected chi connectivity index (χ2v) is 8.81. The topological polar surface area (TPSA) is 114 Å². The van der Waals surface area contributed by atoms with E-state index in [0.717, 1.165) is 11.1 Å². The third-order valence-corrected chi connectivity index (χ3v) is 6.09. The van der Waals surface area contributed by atoms with Crippen molar-refractivity contribution in [1.29, 1.82) is 0 Å². The molecule has 9 heteroatoms. The molecule has 0 bridgehead atoms. The lowest BCUT2D eigenvalue weighted by Crippen LogP contribution is -2.35. The SMILES string of the molecule is Cc1ccc(N2NC(=O)C(=Cc3cccn3-c3ccc(S(N)(=O)=O)cc3)C2=O)cc1C. The van der Waals surface area contributed by atoms with E-state index in [2.05, 4.69) is 5.43 Å². The van der Waals surface area contributed by atoms with Crippen molar-refractivity contribution in [2.24, 2.45) is 5.14 Å². The molecule has 1 aliphatic rings. The first-order valence-corrected chi connectivity index (χ1v) is 10.9. The summed E-state index contributed by atoms with van der Waals surface area (Å²) in [6.07, 6.45) is 3.25. The highest BCUT2D eigenvalue weighted by Gasteiger charge is 2.34. The van der Waals surface area contributed by atoms with E-state index in [9.17, 15) is 18.0 Å². The van der Waals surface area contributed by atoms with Crippen LogP contribution in [-0.4, -0.2) is 24.8 Å². The minimum Gasteiger partial charge on any atom is -0.317 e. The van der Waals surface area contributed by atoms with E-state index in [4.69, 9.17) is 5.14 Å². The van der Waals surface area contributed by atoms with Crippen molar-refractivity contribution in [3.05, 3.63) is 83.2 Å². The number of anilines is 1. The number of hydrogen-bond acceptors (Lipinski definition) is 4. The monoisotopic (exact) mass is 436 g/mol. The molecule has 1 saturated heterocycles. The molecule has 1 aliphatic heterocycles. The molecule has 0 aliphatic carbocycles. The largest absolute Gasteiger partial charge is 0.317 e. The van der Waals surface area contributed by atoms with Crippen molar-refractivity contribution >= 4 is 33.6 Å². The first kappa shape index (κ1) is 20.6. The van der Waals surface area contributed by atoms with Crippen LogP contribution in [0.2, 0.25) is 0 Å². The third kappa shape index (κ3) is 3.88. The maximum atomic E-state index is 12.9. The van der Waals surface area contributed by atoms with Crippen molar-refractivity contribution in [2.45, 2.75) is 18.7 Å². The van der Waals surface area contributed by atoms with E-state index < -0.39 is 21.8 Å². The van der Waals surface area contributed by atoms with Crippen LogP contribution in [0.15, 0.2) is 71.3 Å². The molecule has 2 heterocycles. The average Bonchev–Trinajstić information content (AvgIpc) is 3.29. The number of sulfonamides is 1. The molecule has 31 heavy (non-hydrogen) atoms. The minimum absolute atomic E-state index is 0.000616. The van der Waals surface area contributed by atoms with E-state index in [0.29, 0.717) is 17.1 Å². The van der Waals surface area contributed by atoms with E-state index in [1.165, 1.54) is 23.2 Å². The van der Waals surface area contributed by atoms with Crippen LogP contribution in [0.3, 0.4) is 0 Å². The van der Waals surface area contributed by atoms with E-state index in [-0.39, 0.29) is 10.5 Å². The van der Waals surface area contributed by atoms with Crippen LogP contribution in [0.1, 0.15) is 16.8 Å². The predicted molar refractivity (Wildman–Crippen MR) is 117 cm³/mol. The van der Waals surface area contributed by atoms with Crippen LogP contribution in [0.25, 0.3) is 11.8 Å². The van der Waals surface area contributed by atoms with Crippen LogP contribution in [-0.2, 0) is 19.6 Å². The van der Waals surface area contributed by atoms with E-state index in [1.807, 2.05) is 26.0 Å². The standard InChI is InChI=1S/C22H20N4O4S/c1-14-5-6-18(12-15(14)2)26-22(28)20(21(27)24-26)13-17-4-3-11-25(17)16-7-9-19(10-8-16)31(23,29)30/h3-13H,1-2H3,(H,24,27)(H2,23,29,30). The molecule has 2 aromatic carbocycles. The summed E-state index contributed by atoms with van der Waals surface area (Å²) >= 11 is 0. The maximum Gasteiger partial charge on any atom is 0.282 e. The molecule has 0 saturated carbocycles. The summed E-state index contributed by atoms with van der Waals surface area (Å²) in [6, 6.07) is 15.0. The lowest BCUT2D eigenvalue weighted by atomic mass is 10.1. The number of hydrazine groups is 1. The molecule has 4 rings (SSSR count). The fourth-order valence-corrected chi connectivity index (χ4v) is 3.81. The van der Waals surface area contributed by atoms with E-state index >= 15 is 0 Å². The molecular formula is C22H20N4O4S. The molecule has 0 atom stereocenters. The molecule has 3 N–H and O–H groups in total. The fourth-order valence-electron chi connectivity index (χ4n) is 3.30. The molecule has 1 aromatic heterocycles. The Bertz CT molecular complexity index is 1340. The number of rotatable bonds is 4. The van der Waals surface area contributed by atoms with Gasteiger partial charge in [-0.25, -0.2) is 18.6 Å². The van der Waals surface area contributed by atoms with Crippen molar-refractivity contribution in [3.63, 3.8) is 0 Å². The Balaban J connectivity index is 1.67. The number of carbonyl (C=O) groups is 2. The molecule has 0 spiro atoms. The van der Waals surface area contributed by atoms with Crippen molar-refractivity contribution in [2.75, 3.05) is 5.01 Å². The number of hydrogen-bond donors (Lipinski definition) is 2. The molecule has 0 unspecified atom stereocenters. The van der Waals surface area contributed by atoms with Gasteiger partial charge in [-0.15, -0.1) is 0 Å². The zero-order chi connectivity index (χ0) is 22.3. The van der Waals surface area contributed by atoms with Gasteiger partial charge in [0.25, 0.3) is 11.8 Å². The van der Waals surface area contributed by atoms with E-state index in [1.54, 1.807) is 41.1 Å². The second-order valence-electron chi connectivity index (χ2n) is 7.25. The smallest absolute Gasteiger partial charge is 0.282 e. The Morgan fingerprint density at radius 1 is 0.935 bits per heavy atom.